The molecule has 11 atom stereocenters. The first-order valence-corrected chi connectivity index (χ1v) is 21.3. The van der Waals surface area contributed by atoms with Gasteiger partial charge in [0.25, 0.3) is 0 Å². The van der Waals surface area contributed by atoms with Crippen LogP contribution in [0.1, 0.15) is 68.8 Å². The summed E-state index contributed by atoms with van der Waals surface area (Å²) in [6.45, 7) is 9.32. The summed E-state index contributed by atoms with van der Waals surface area (Å²) >= 11 is 0. The second kappa shape index (κ2) is 13.0. The molecule has 10 rings (SSSR count). The van der Waals surface area contributed by atoms with Gasteiger partial charge in [0, 0.05) is 96.9 Å². The van der Waals surface area contributed by atoms with Gasteiger partial charge in [0.1, 0.15) is 16.8 Å². The van der Waals surface area contributed by atoms with Gasteiger partial charge < -0.3 is 38.7 Å². The number of nitrogens with zero attached hydrogens (tertiary/aromatic N) is 3. The fourth-order valence-electron chi connectivity index (χ4n) is 13.9. The van der Waals surface area contributed by atoms with E-state index in [1.165, 1.54) is 21.1 Å². The molecule has 2 bridgehead atoms. The zero-order valence-corrected chi connectivity index (χ0v) is 35.1. The number of aliphatic hydroxyl groups is 1. The number of hydrogen-bond donors (Lipinski definition) is 2. The van der Waals surface area contributed by atoms with E-state index in [-0.39, 0.29) is 23.7 Å². The van der Waals surface area contributed by atoms with Gasteiger partial charge in [0.05, 0.1) is 33.5 Å². The molecule has 7 heterocycles. The summed E-state index contributed by atoms with van der Waals surface area (Å²) in [5, 5.41) is 14.4. The van der Waals surface area contributed by atoms with E-state index < -0.39 is 51.9 Å². The molecule has 1 aliphatic carbocycles. The van der Waals surface area contributed by atoms with E-state index >= 15 is 4.79 Å². The Morgan fingerprint density at radius 3 is 2.49 bits per heavy atom. The molecule has 2 aromatic carbocycles. The fraction of sp³-hybridized carbons (Fsp3) is 0.587. The predicted octanol–water partition coefficient (Wildman–Crippen LogP) is 4.01. The molecule has 13 heteroatoms. The zero-order chi connectivity index (χ0) is 41.4. The van der Waals surface area contributed by atoms with Crippen molar-refractivity contribution >= 4 is 34.5 Å². The van der Waals surface area contributed by atoms with Crippen LogP contribution in [0.15, 0.2) is 48.6 Å². The Morgan fingerprint density at radius 1 is 1.00 bits per heavy atom. The maximum Gasteiger partial charge on any atom is 0.344 e. The van der Waals surface area contributed by atoms with E-state index in [0.29, 0.717) is 50.1 Å². The van der Waals surface area contributed by atoms with Crippen molar-refractivity contribution in [2.24, 2.45) is 11.3 Å². The van der Waals surface area contributed by atoms with Gasteiger partial charge in [-0.15, -0.1) is 0 Å². The Balaban J connectivity index is 1.28. The van der Waals surface area contributed by atoms with E-state index in [0.717, 1.165) is 59.5 Å². The summed E-state index contributed by atoms with van der Waals surface area (Å²) in [4.78, 5) is 53.5. The summed E-state index contributed by atoms with van der Waals surface area (Å²) in [6.07, 6.45) is 5.94. The molecule has 1 unspecified atom stereocenters. The third kappa shape index (κ3) is 4.73. The summed E-state index contributed by atoms with van der Waals surface area (Å²) in [5.41, 5.74) is -0.627. The van der Waals surface area contributed by atoms with Crippen LogP contribution < -0.4 is 9.64 Å². The number of carbonyl (C=O) groups excluding carboxylic acids is 3. The highest BCUT2D eigenvalue weighted by atomic mass is 16.6. The van der Waals surface area contributed by atoms with Gasteiger partial charge in [0.2, 0.25) is 5.60 Å². The smallest absolute Gasteiger partial charge is 0.344 e. The number of epoxide rings is 1. The number of aromatic amines is 1. The van der Waals surface area contributed by atoms with Crippen LogP contribution in [0.25, 0.3) is 10.9 Å². The lowest BCUT2D eigenvalue weighted by Crippen LogP contribution is -2.81. The number of para-hydroxylation sites is 1. The topological polar surface area (TPSA) is 146 Å². The number of methoxy groups -OCH3 is 3. The van der Waals surface area contributed by atoms with Gasteiger partial charge in [0.15, 0.2) is 6.10 Å². The molecule has 0 radical (unpaired) electrons. The van der Waals surface area contributed by atoms with Crippen LogP contribution in [0.3, 0.4) is 0 Å². The van der Waals surface area contributed by atoms with Crippen molar-refractivity contribution in [3.8, 4) is 5.75 Å². The molecule has 2 N–H and O–H groups in total. The first-order chi connectivity index (χ1) is 28.3. The summed E-state index contributed by atoms with van der Waals surface area (Å²) in [7, 11) is 6.23. The Kier molecular flexibility index (Phi) is 8.56. The summed E-state index contributed by atoms with van der Waals surface area (Å²) < 4.78 is 30.7. The van der Waals surface area contributed by atoms with Crippen LogP contribution in [0.4, 0.5) is 5.69 Å². The number of carbonyl (C=O) groups is 3. The van der Waals surface area contributed by atoms with Crippen LogP contribution in [-0.4, -0.2) is 134 Å². The van der Waals surface area contributed by atoms with Crippen molar-refractivity contribution in [2.75, 3.05) is 66.0 Å². The van der Waals surface area contributed by atoms with Crippen LogP contribution >= 0.6 is 0 Å². The molecular formula is C46H56N4O9. The summed E-state index contributed by atoms with van der Waals surface area (Å²) in [5.74, 6) is -1.37. The number of piperidine rings is 1. The Labute approximate surface area is 344 Å². The Hall–Kier alpha value is -4.43. The van der Waals surface area contributed by atoms with Gasteiger partial charge in [-0.25, -0.2) is 4.79 Å². The molecule has 4 fully saturated rings. The van der Waals surface area contributed by atoms with Gasteiger partial charge in [-0.1, -0.05) is 44.2 Å². The highest BCUT2D eigenvalue weighted by Crippen LogP contribution is 2.68. The molecule has 6 aliphatic heterocycles. The SMILES string of the molecule is CC[C@@]12CN3CCc4c([nH]c5ccccc45)[C@@](C(=O)OC)(c4cc5c(cc4OC)N(C)[C@H]4[C@@](O)(C(=O)OC)[C@H](OC(C)=O)[C@]6(CC)C=CCN7CC[C@]54[C@H]76)C[C@H](C3)[C@H]1O2. The van der Waals surface area contributed by atoms with Crippen LogP contribution in [0, 0.1) is 11.3 Å². The van der Waals surface area contributed by atoms with Crippen LogP contribution in [0.5, 0.6) is 5.75 Å². The Morgan fingerprint density at radius 2 is 1.78 bits per heavy atom. The van der Waals surface area contributed by atoms with Crippen LogP contribution in [-0.2, 0) is 50.6 Å². The van der Waals surface area contributed by atoms with E-state index in [2.05, 4.69) is 52.1 Å². The number of anilines is 1. The number of likely N-dealkylation sites (N-methyl/N-ethyl adjacent to an activating group) is 1. The van der Waals surface area contributed by atoms with Gasteiger partial charge in [-0.05, 0) is 61.9 Å². The van der Waals surface area contributed by atoms with Gasteiger partial charge >= 0.3 is 17.9 Å². The van der Waals surface area contributed by atoms with Crippen LogP contribution in [0.2, 0.25) is 0 Å². The quantitative estimate of drug-likeness (QED) is 0.154. The third-order valence-electron chi connectivity index (χ3n) is 16.0. The van der Waals surface area contributed by atoms with Crippen molar-refractivity contribution in [3.05, 3.63) is 70.9 Å². The minimum absolute atomic E-state index is 0.00603. The van der Waals surface area contributed by atoms with Gasteiger partial charge in [-0.2, -0.15) is 0 Å². The number of benzene rings is 2. The number of H-pyrrole nitrogens is 1. The monoisotopic (exact) mass is 808 g/mol. The molecule has 3 aromatic rings. The minimum Gasteiger partial charge on any atom is -0.496 e. The van der Waals surface area contributed by atoms with E-state index in [4.69, 9.17) is 23.7 Å². The summed E-state index contributed by atoms with van der Waals surface area (Å²) in [6, 6.07) is 11.2. The molecule has 314 valence electrons. The minimum atomic E-state index is -2.29. The zero-order valence-electron chi connectivity index (χ0n) is 35.1. The lowest BCUT2D eigenvalue weighted by molar-refractivity contribution is -0.228. The van der Waals surface area contributed by atoms with E-state index in [1.54, 1.807) is 7.11 Å². The lowest BCUT2D eigenvalue weighted by atomic mass is 9.47. The molecule has 3 saturated heterocycles. The van der Waals surface area contributed by atoms with Crippen molar-refractivity contribution in [1.29, 1.82) is 0 Å². The molecule has 1 aromatic heterocycles. The molecule has 7 aliphatic rings. The van der Waals surface area contributed by atoms with E-state index in [1.807, 2.05) is 37.1 Å². The highest BCUT2D eigenvalue weighted by molar-refractivity contribution is 5.95. The maximum atomic E-state index is 15.4. The van der Waals surface area contributed by atoms with Gasteiger partial charge in [-0.3, -0.25) is 19.4 Å². The predicted molar refractivity (Wildman–Crippen MR) is 218 cm³/mol. The first-order valence-electron chi connectivity index (χ1n) is 21.3. The number of hydrogen-bond acceptors (Lipinski definition) is 12. The number of esters is 3. The highest BCUT2D eigenvalue weighted by Gasteiger charge is 2.80. The number of nitrogens with one attached hydrogen (secondary N) is 1. The number of aromatic nitrogens is 1. The van der Waals surface area contributed by atoms with Crippen molar-refractivity contribution in [3.63, 3.8) is 0 Å². The molecule has 59 heavy (non-hydrogen) atoms. The largest absolute Gasteiger partial charge is 0.496 e. The molecular weight excluding hydrogens is 753 g/mol. The second-order valence-corrected chi connectivity index (χ2v) is 18.3. The standard InChI is InChI=1S/C46H56N4O9/c1-8-42-16-12-18-50-20-17-44(37(42)50)30-21-31(34(55-5)22-33(30)48(4)38(44)46(54,41(53)57-7)39(42)58-26(3)51)45(40(52)56-6)23-27-24-49(25-43(9-2)36(27)59-43)19-15-29-28-13-10-11-14-32(28)47-35(29)45/h10-14,16,21-22,27,36-39,47,54H,8-9,15,17-20,23-25H2,1-7H3/t27-,36-,37-,38-,39-,42-,43-,44-,45+,46+/m1/s1. The lowest BCUT2D eigenvalue weighted by Gasteiger charge is -2.63. The molecule has 13 nitrogen and oxygen atoms in total. The maximum absolute atomic E-state index is 15.4. The second-order valence-electron chi connectivity index (χ2n) is 18.3. The Bertz CT molecular complexity index is 2310. The van der Waals surface area contributed by atoms with E-state index in [9.17, 15) is 14.7 Å². The van der Waals surface area contributed by atoms with Crippen molar-refractivity contribution < 1.29 is 43.2 Å². The normalized spacial score (nSPS) is 38.7. The average molecular weight is 809 g/mol. The molecule has 1 spiro atoms. The number of fused-ring (bicyclic) bond motifs is 8. The molecule has 1 saturated carbocycles. The third-order valence-corrected chi connectivity index (χ3v) is 16.0. The fourth-order valence-corrected chi connectivity index (χ4v) is 13.9. The van der Waals surface area contributed by atoms with Crippen molar-refractivity contribution in [2.45, 2.75) is 99.2 Å². The first kappa shape index (κ1) is 38.8. The average Bonchev–Trinajstić information content (AvgIpc) is 3.53. The van der Waals surface area contributed by atoms with Crippen molar-refractivity contribution in [1.82, 2.24) is 14.8 Å². The number of rotatable bonds is 7. The molecule has 0 amide bonds. The number of ether oxygens (including phenoxy) is 5.